The van der Waals surface area contributed by atoms with E-state index in [1.54, 1.807) is 0 Å². The smallest absolute Gasteiger partial charge is 0.382 e. The summed E-state index contributed by atoms with van der Waals surface area (Å²) in [5.74, 6) is 0. The molecule has 2 saturated heterocycles. The SMILES string of the molecule is [B][C@H]1C[C@H](NP(=O)(O)OC[C@H]2O[C@@H]([B])C[C@@H]2N)[C@@H](COC)O1. The van der Waals surface area contributed by atoms with E-state index in [2.05, 4.69) is 5.09 Å². The predicted octanol–water partition coefficient (Wildman–Crippen LogP) is -1.40. The van der Waals surface area contributed by atoms with E-state index < -0.39 is 38.0 Å². The molecule has 122 valence electrons. The number of nitrogens with one attached hydrogen (secondary N) is 1. The van der Waals surface area contributed by atoms with E-state index in [9.17, 15) is 9.46 Å². The Morgan fingerprint density at radius 2 is 1.91 bits per heavy atom. The molecule has 2 heterocycles. The molecule has 0 amide bonds. The molecular formula is C11H21B2N2O6P. The van der Waals surface area contributed by atoms with Crippen LogP contribution in [0.25, 0.3) is 0 Å². The third-order valence-corrected chi connectivity index (χ3v) is 4.85. The van der Waals surface area contributed by atoms with Gasteiger partial charge in [-0.2, -0.15) is 0 Å². The lowest BCUT2D eigenvalue weighted by molar-refractivity contribution is 0.0162. The average Bonchev–Trinajstić information content (AvgIpc) is 2.90. The van der Waals surface area contributed by atoms with Gasteiger partial charge in [0.05, 0.1) is 25.4 Å². The van der Waals surface area contributed by atoms with Crippen molar-refractivity contribution in [2.24, 2.45) is 5.73 Å². The van der Waals surface area contributed by atoms with Crippen LogP contribution in [-0.2, 0) is 23.3 Å². The lowest BCUT2D eigenvalue weighted by Crippen LogP contribution is -2.38. The van der Waals surface area contributed by atoms with E-state index in [1.807, 2.05) is 0 Å². The van der Waals surface area contributed by atoms with Crippen LogP contribution in [0, 0.1) is 0 Å². The van der Waals surface area contributed by atoms with Crippen molar-refractivity contribution < 1.29 is 28.2 Å². The Hall–Kier alpha value is 0.0799. The van der Waals surface area contributed by atoms with E-state index in [-0.39, 0.29) is 19.3 Å². The third-order valence-electron chi connectivity index (χ3n) is 3.69. The van der Waals surface area contributed by atoms with E-state index in [1.165, 1.54) is 7.11 Å². The van der Waals surface area contributed by atoms with Gasteiger partial charge in [0, 0.05) is 31.2 Å². The third kappa shape index (κ3) is 5.04. The summed E-state index contributed by atoms with van der Waals surface area (Å²) in [6, 6.07) is -1.74. The summed E-state index contributed by atoms with van der Waals surface area (Å²) < 4.78 is 32.9. The van der Waals surface area contributed by atoms with Gasteiger partial charge < -0.3 is 24.8 Å². The van der Waals surface area contributed by atoms with Crippen molar-refractivity contribution in [1.29, 1.82) is 0 Å². The minimum atomic E-state index is -4.05. The van der Waals surface area contributed by atoms with E-state index in [0.717, 1.165) is 0 Å². The molecule has 0 bridgehead atoms. The van der Waals surface area contributed by atoms with Crippen molar-refractivity contribution in [1.82, 2.24) is 5.09 Å². The average molecular weight is 330 g/mol. The van der Waals surface area contributed by atoms with Crippen molar-refractivity contribution in [3.05, 3.63) is 0 Å². The molecule has 7 atom stereocenters. The van der Waals surface area contributed by atoms with Crippen LogP contribution in [0.15, 0.2) is 0 Å². The number of methoxy groups -OCH3 is 1. The van der Waals surface area contributed by atoms with Gasteiger partial charge in [-0.1, -0.05) is 0 Å². The zero-order valence-electron chi connectivity index (χ0n) is 12.5. The second-order valence-electron chi connectivity index (χ2n) is 5.57. The molecule has 0 aromatic carbocycles. The van der Waals surface area contributed by atoms with Gasteiger partial charge in [-0.3, -0.25) is 4.52 Å². The zero-order valence-corrected chi connectivity index (χ0v) is 13.4. The fraction of sp³-hybridized carbons (Fsp3) is 1.00. The van der Waals surface area contributed by atoms with Gasteiger partial charge in [0.25, 0.3) is 0 Å². The monoisotopic (exact) mass is 330 g/mol. The van der Waals surface area contributed by atoms with Crippen LogP contribution in [0.5, 0.6) is 0 Å². The molecule has 2 aliphatic rings. The lowest BCUT2D eigenvalue weighted by Gasteiger charge is -2.23. The molecule has 0 aromatic rings. The molecule has 0 saturated carbocycles. The Kier molecular flexibility index (Phi) is 6.50. The van der Waals surface area contributed by atoms with Gasteiger partial charge in [-0.15, -0.1) is 0 Å². The van der Waals surface area contributed by atoms with Crippen molar-refractivity contribution in [3.8, 4) is 0 Å². The molecule has 2 rings (SSSR count). The Morgan fingerprint density at radius 1 is 1.27 bits per heavy atom. The highest BCUT2D eigenvalue weighted by Crippen LogP contribution is 2.40. The minimum Gasteiger partial charge on any atom is -0.382 e. The maximum atomic E-state index is 12.1. The molecule has 0 spiro atoms. The van der Waals surface area contributed by atoms with E-state index >= 15 is 0 Å². The number of nitrogens with two attached hydrogens (primary N) is 1. The van der Waals surface area contributed by atoms with E-state index in [0.29, 0.717) is 12.8 Å². The first-order valence-electron chi connectivity index (χ1n) is 7.12. The van der Waals surface area contributed by atoms with Gasteiger partial charge in [-0.25, -0.2) is 9.65 Å². The Labute approximate surface area is 132 Å². The fourth-order valence-corrected chi connectivity index (χ4v) is 3.73. The van der Waals surface area contributed by atoms with Crippen molar-refractivity contribution >= 4 is 23.4 Å². The first-order valence-corrected chi connectivity index (χ1v) is 8.70. The standard InChI is InChI=1S/C11H21B2N2O6P/c1-18-4-9-7(3-11(13)21-9)15-22(16,17)19-5-8-6(14)2-10(12)20-8/h6-11H,2-5,14H2,1H3,(H2,15,16,17)/t6-,7-,8+,9+,10+,11+/m0/s1. The van der Waals surface area contributed by atoms with Gasteiger partial charge in [0.2, 0.25) is 0 Å². The van der Waals surface area contributed by atoms with Gasteiger partial charge in [-0.05, 0) is 12.8 Å². The zero-order chi connectivity index (χ0) is 16.3. The van der Waals surface area contributed by atoms with Crippen LogP contribution in [0.1, 0.15) is 12.8 Å². The van der Waals surface area contributed by atoms with Crippen LogP contribution in [0.4, 0.5) is 0 Å². The summed E-state index contributed by atoms with van der Waals surface area (Å²) >= 11 is 0. The van der Waals surface area contributed by atoms with Crippen LogP contribution >= 0.6 is 7.75 Å². The number of hydrogen-bond donors (Lipinski definition) is 3. The maximum Gasteiger partial charge on any atom is 0.403 e. The van der Waals surface area contributed by atoms with Crippen LogP contribution in [0.3, 0.4) is 0 Å². The highest BCUT2D eigenvalue weighted by molar-refractivity contribution is 7.50. The van der Waals surface area contributed by atoms with E-state index in [4.69, 9.17) is 40.2 Å². The first-order chi connectivity index (χ1) is 10.3. The molecule has 8 nitrogen and oxygen atoms in total. The van der Waals surface area contributed by atoms with Gasteiger partial charge in [0.1, 0.15) is 15.7 Å². The van der Waals surface area contributed by atoms with Gasteiger partial charge in [0.15, 0.2) is 0 Å². The molecule has 22 heavy (non-hydrogen) atoms. The summed E-state index contributed by atoms with van der Waals surface area (Å²) in [5, 5.41) is 2.55. The van der Waals surface area contributed by atoms with Crippen molar-refractivity contribution in [2.45, 2.75) is 49.1 Å². The summed E-state index contributed by atoms with van der Waals surface area (Å²) in [7, 11) is 8.77. The summed E-state index contributed by atoms with van der Waals surface area (Å²) in [6.07, 6.45) is -0.0541. The van der Waals surface area contributed by atoms with Crippen molar-refractivity contribution in [3.63, 3.8) is 0 Å². The predicted molar refractivity (Wildman–Crippen MR) is 80.6 cm³/mol. The number of hydrogen-bond acceptors (Lipinski definition) is 6. The topological polar surface area (TPSA) is 112 Å². The van der Waals surface area contributed by atoms with Crippen molar-refractivity contribution in [2.75, 3.05) is 20.3 Å². The molecule has 2 aliphatic heterocycles. The molecule has 2 fully saturated rings. The maximum absolute atomic E-state index is 12.1. The molecule has 11 heteroatoms. The second-order valence-corrected chi connectivity index (χ2v) is 7.13. The second kappa shape index (κ2) is 7.77. The van der Waals surface area contributed by atoms with Crippen LogP contribution < -0.4 is 10.8 Å². The summed E-state index contributed by atoms with van der Waals surface area (Å²) in [6.45, 7) is 0.140. The Bertz CT molecular complexity index is 420. The fourth-order valence-electron chi connectivity index (χ4n) is 2.62. The molecule has 1 unspecified atom stereocenters. The molecule has 0 aromatic heterocycles. The van der Waals surface area contributed by atoms with Gasteiger partial charge >= 0.3 is 7.75 Å². The summed E-state index contributed by atoms with van der Waals surface area (Å²) in [5.41, 5.74) is 5.81. The largest absolute Gasteiger partial charge is 0.403 e. The number of ether oxygens (including phenoxy) is 3. The highest BCUT2D eigenvalue weighted by atomic mass is 31.2. The normalized spacial score (nSPS) is 41.6. The first kappa shape index (κ1) is 18.4. The molecule has 0 aliphatic carbocycles. The quantitative estimate of drug-likeness (QED) is 0.386. The minimum absolute atomic E-state index is 0.121. The number of rotatable bonds is 7. The highest BCUT2D eigenvalue weighted by Gasteiger charge is 2.38. The Morgan fingerprint density at radius 3 is 2.50 bits per heavy atom. The molecule has 4 N–H and O–H groups in total. The lowest BCUT2D eigenvalue weighted by atomic mass is 9.95. The van der Waals surface area contributed by atoms with Crippen LogP contribution in [-0.4, -0.2) is 77.2 Å². The van der Waals surface area contributed by atoms with Crippen LogP contribution in [0.2, 0.25) is 0 Å². The Balaban J connectivity index is 1.83. The molecular weight excluding hydrogens is 309 g/mol. The molecule has 4 radical (unpaired) electrons. The summed E-state index contributed by atoms with van der Waals surface area (Å²) in [4.78, 5) is 9.92.